The van der Waals surface area contributed by atoms with Crippen LogP contribution in [0.25, 0.3) is 0 Å². The Morgan fingerprint density at radius 1 is 1.38 bits per heavy atom. The lowest BCUT2D eigenvalue weighted by molar-refractivity contribution is -0.142. The predicted octanol–water partition coefficient (Wildman–Crippen LogP) is 0.310. The molecule has 2 amide bonds. The van der Waals surface area contributed by atoms with E-state index in [0.717, 1.165) is 0 Å². The minimum Gasteiger partial charge on any atom is -0.483 e. The fourth-order valence-corrected chi connectivity index (χ4v) is 1.56. The van der Waals surface area contributed by atoms with E-state index in [9.17, 15) is 14.4 Å². The van der Waals surface area contributed by atoms with E-state index in [-0.39, 0.29) is 17.7 Å². The van der Waals surface area contributed by atoms with Crippen molar-refractivity contribution in [2.45, 2.75) is 12.5 Å². The summed E-state index contributed by atoms with van der Waals surface area (Å²) >= 11 is 0. The summed E-state index contributed by atoms with van der Waals surface area (Å²) in [4.78, 5) is 33.7. The molecule has 7 nitrogen and oxygen atoms in total. The number of rotatable bonds is 8. The largest absolute Gasteiger partial charge is 0.483 e. The standard InChI is InChI=1S/C14H16N2O5/c1-2-5-10(14(19)20)16-12(17)8-21-11-7-4-3-6-9(11)13(15)18/h2-4,6-7,10H,1,5,8H2,(H2,15,18)(H,16,17)(H,19,20). The highest BCUT2D eigenvalue weighted by atomic mass is 16.5. The summed E-state index contributed by atoms with van der Waals surface area (Å²) in [5.41, 5.74) is 5.32. The molecule has 0 saturated carbocycles. The number of amides is 2. The van der Waals surface area contributed by atoms with Crippen LogP contribution in [-0.4, -0.2) is 35.5 Å². The minimum absolute atomic E-state index is 0.0962. The van der Waals surface area contributed by atoms with E-state index in [1.807, 2.05) is 0 Å². The summed E-state index contributed by atoms with van der Waals surface area (Å²) in [5.74, 6) is -2.30. The topological polar surface area (TPSA) is 119 Å². The number of carbonyl (C=O) groups excluding carboxylic acids is 2. The molecule has 0 aliphatic rings. The maximum Gasteiger partial charge on any atom is 0.326 e. The molecule has 1 unspecified atom stereocenters. The van der Waals surface area contributed by atoms with Crippen molar-refractivity contribution in [2.24, 2.45) is 5.73 Å². The van der Waals surface area contributed by atoms with Gasteiger partial charge in [-0.15, -0.1) is 6.58 Å². The highest BCUT2D eigenvalue weighted by Crippen LogP contribution is 2.16. The van der Waals surface area contributed by atoms with Gasteiger partial charge in [0.15, 0.2) is 6.61 Å². The van der Waals surface area contributed by atoms with Crippen molar-refractivity contribution >= 4 is 17.8 Å². The molecule has 0 spiro atoms. The second kappa shape index (κ2) is 7.68. The molecular formula is C14H16N2O5. The lowest BCUT2D eigenvalue weighted by Gasteiger charge is -2.13. The summed E-state index contributed by atoms with van der Waals surface area (Å²) in [7, 11) is 0. The number of hydrogen-bond donors (Lipinski definition) is 3. The van der Waals surface area contributed by atoms with Gasteiger partial charge in [-0.25, -0.2) is 4.79 Å². The van der Waals surface area contributed by atoms with Crippen LogP contribution < -0.4 is 15.8 Å². The number of para-hydroxylation sites is 1. The predicted molar refractivity (Wildman–Crippen MR) is 74.8 cm³/mol. The van der Waals surface area contributed by atoms with E-state index in [0.29, 0.717) is 0 Å². The second-order valence-electron chi connectivity index (χ2n) is 4.13. The second-order valence-corrected chi connectivity index (χ2v) is 4.13. The smallest absolute Gasteiger partial charge is 0.326 e. The third-order valence-corrected chi connectivity index (χ3v) is 2.55. The molecule has 0 heterocycles. The fourth-order valence-electron chi connectivity index (χ4n) is 1.56. The first-order valence-electron chi connectivity index (χ1n) is 6.10. The fraction of sp³-hybridized carbons (Fsp3) is 0.214. The average Bonchev–Trinajstić information content (AvgIpc) is 2.44. The van der Waals surface area contributed by atoms with Gasteiger partial charge >= 0.3 is 5.97 Å². The zero-order chi connectivity index (χ0) is 15.8. The van der Waals surface area contributed by atoms with Crippen LogP contribution in [0.15, 0.2) is 36.9 Å². The number of primary amides is 1. The van der Waals surface area contributed by atoms with Crippen LogP contribution >= 0.6 is 0 Å². The van der Waals surface area contributed by atoms with Gasteiger partial charge in [0, 0.05) is 0 Å². The Morgan fingerprint density at radius 3 is 2.62 bits per heavy atom. The van der Waals surface area contributed by atoms with Crippen LogP contribution in [0.5, 0.6) is 5.75 Å². The van der Waals surface area contributed by atoms with Gasteiger partial charge in [-0.05, 0) is 18.6 Å². The first-order chi connectivity index (χ1) is 9.95. The number of carboxylic acid groups (broad SMARTS) is 1. The Kier molecular flexibility index (Phi) is 5.94. The third kappa shape index (κ3) is 4.98. The van der Waals surface area contributed by atoms with Crippen molar-refractivity contribution in [3.63, 3.8) is 0 Å². The number of aliphatic carboxylic acids is 1. The highest BCUT2D eigenvalue weighted by Gasteiger charge is 2.19. The summed E-state index contributed by atoms with van der Waals surface area (Å²) in [6.07, 6.45) is 1.49. The number of nitrogens with one attached hydrogen (secondary N) is 1. The van der Waals surface area contributed by atoms with Crippen molar-refractivity contribution in [3.8, 4) is 5.75 Å². The van der Waals surface area contributed by atoms with Crippen LogP contribution in [0.1, 0.15) is 16.8 Å². The molecular weight excluding hydrogens is 276 g/mol. The van der Waals surface area contributed by atoms with Crippen molar-refractivity contribution < 1.29 is 24.2 Å². The number of ether oxygens (including phenoxy) is 1. The van der Waals surface area contributed by atoms with Gasteiger partial charge in [-0.1, -0.05) is 18.2 Å². The molecule has 0 radical (unpaired) electrons. The van der Waals surface area contributed by atoms with Crippen molar-refractivity contribution in [3.05, 3.63) is 42.5 Å². The Bertz CT molecular complexity index is 556. The van der Waals surface area contributed by atoms with Crippen LogP contribution in [0.3, 0.4) is 0 Å². The molecule has 112 valence electrons. The zero-order valence-electron chi connectivity index (χ0n) is 11.2. The van der Waals surface area contributed by atoms with Gasteiger partial charge in [0.2, 0.25) is 0 Å². The first kappa shape index (κ1) is 16.2. The van der Waals surface area contributed by atoms with Crippen molar-refractivity contribution in [1.29, 1.82) is 0 Å². The molecule has 7 heteroatoms. The maximum atomic E-state index is 11.6. The lowest BCUT2D eigenvalue weighted by atomic mass is 10.2. The van der Waals surface area contributed by atoms with E-state index < -0.39 is 30.4 Å². The maximum absolute atomic E-state index is 11.6. The van der Waals surface area contributed by atoms with Crippen LogP contribution in [0, 0.1) is 0 Å². The third-order valence-electron chi connectivity index (χ3n) is 2.55. The zero-order valence-corrected chi connectivity index (χ0v) is 11.2. The van der Waals surface area contributed by atoms with Gasteiger partial charge in [-0.2, -0.15) is 0 Å². The van der Waals surface area contributed by atoms with Gasteiger partial charge in [-0.3, -0.25) is 9.59 Å². The number of benzene rings is 1. The summed E-state index contributed by atoms with van der Waals surface area (Å²) in [6.45, 7) is 2.99. The van der Waals surface area contributed by atoms with Gasteiger partial charge in [0.1, 0.15) is 11.8 Å². The van der Waals surface area contributed by atoms with Gasteiger partial charge in [0.05, 0.1) is 5.56 Å². The minimum atomic E-state index is -1.17. The molecule has 0 saturated heterocycles. The average molecular weight is 292 g/mol. The van der Waals surface area contributed by atoms with Gasteiger partial charge < -0.3 is 20.9 Å². The number of hydrogen-bond acceptors (Lipinski definition) is 4. The summed E-state index contributed by atoms with van der Waals surface area (Å²) in [5, 5.41) is 11.2. The molecule has 0 bridgehead atoms. The first-order valence-corrected chi connectivity index (χ1v) is 6.10. The normalized spacial score (nSPS) is 11.2. The quantitative estimate of drug-likeness (QED) is 0.596. The molecule has 0 aliphatic heterocycles. The van der Waals surface area contributed by atoms with E-state index in [2.05, 4.69) is 11.9 Å². The molecule has 1 rings (SSSR count). The Hall–Kier alpha value is -2.83. The SMILES string of the molecule is C=CCC(NC(=O)COc1ccccc1C(N)=O)C(=O)O. The molecule has 1 aromatic carbocycles. The molecule has 4 N–H and O–H groups in total. The van der Waals surface area contributed by atoms with Crippen LogP contribution in [-0.2, 0) is 9.59 Å². The summed E-state index contributed by atoms with van der Waals surface area (Å²) < 4.78 is 5.19. The molecule has 21 heavy (non-hydrogen) atoms. The van der Waals surface area contributed by atoms with Gasteiger partial charge in [0.25, 0.3) is 11.8 Å². The number of carbonyl (C=O) groups is 3. The van der Waals surface area contributed by atoms with Crippen molar-refractivity contribution in [2.75, 3.05) is 6.61 Å². The molecule has 0 aromatic heterocycles. The van der Waals surface area contributed by atoms with Crippen LogP contribution in [0.4, 0.5) is 0 Å². The lowest BCUT2D eigenvalue weighted by Crippen LogP contribution is -2.42. The monoisotopic (exact) mass is 292 g/mol. The van der Waals surface area contributed by atoms with E-state index in [1.165, 1.54) is 18.2 Å². The molecule has 1 atom stereocenters. The Morgan fingerprint density at radius 2 is 2.05 bits per heavy atom. The highest BCUT2D eigenvalue weighted by molar-refractivity contribution is 5.95. The Balaban J connectivity index is 2.63. The van der Waals surface area contributed by atoms with E-state index >= 15 is 0 Å². The number of carboxylic acids is 1. The molecule has 0 fully saturated rings. The number of nitrogens with two attached hydrogens (primary N) is 1. The van der Waals surface area contributed by atoms with Crippen LogP contribution in [0.2, 0.25) is 0 Å². The molecule has 0 aliphatic carbocycles. The van der Waals surface area contributed by atoms with E-state index in [1.54, 1.807) is 12.1 Å². The molecule has 1 aromatic rings. The van der Waals surface area contributed by atoms with Crippen molar-refractivity contribution in [1.82, 2.24) is 5.32 Å². The van der Waals surface area contributed by atoms with E-state index in [4.69, 9.17) is 15.6 Å². The Labute approximate surface area is 121 Å². The summed E-state index contributed by atoms with van der Waals surface area (Å²) in [6, 6.07) is 5.12.